The summed E-state index contributed by atoms with van der Waals surface area (Å²) in [4.78, 5) is 0. The van der Waals surface area contributed by atoms with E-state index in [9.17, 15) is 56.2 Å². The quantitative estimate of drug-likeness (QED) is 0.0800. The molecule has 21 nitrogen and oxygen atoms in total. The summed E-state index contributed by atoms with van der Waals surface area (Å²) in [5.41, 5.74) is -24.7. The van der Waals surface area contributed by atoms with Crippen LogP contribution in [0.4, 0.5) is 0 Å². The third kappa shape index (κ3) is 8.63. The van der Waals surface area contributed by atoms with E-state index in [1.165, 1.54) is 132 Å². The van der Waals surface area contributed by atoms with Crippen LogP contribution in [0.1, 0.15) is 104 Å². The average Bonchev–Trinajstić information content (AvgIpc) is 3.18. The Morgan fingerprint density at radius 1 is 0.344 bits per heavy atom. The summed E-state index contributed by atoms with van der Waals surface area (Å²) in [6.45, 7) is 18.1. The normalized spacial score (nSPS) is 51.8. The number of methoxy groups -OCH3 is 4. The molecule has 3 saturated heterocycles. The van der Waals surface area contributed by atoms with Gasteiger partial charge in [0.05, 0.1) is 46.2 Å². The lowest BCUT2D eigenvalue weighted by atomic mass is 9.60. The molecule has 11 N–H and O–H groups in total. The average molecular weight is 937 g/mol. The molecule has 0 aliphatic carbocycles. The summed E-state index contributed by atoms with van der Waals surface area (Å²) >= 11 is 0. The van der Waals surface area contributed by atoms with Gasteiger partial charge in [-0.15, -0.1) is 0 Å². The molecule has 3 aliphatic heterocycles. The highest BCUT2D eigenvalue weighted by Crippen LogP contribution is 2.58. The van der Waals surface area contributed by atoms with E-state index in [0.29, 0.717) is 0 Å². The van der Waals surface area contributed by atoms with Gasteiger partial charge in [-0.05, 0) is 104 Å². The maximum absolute atomic E-state index is 11.7. The Morgan fingerprint density at radius 3 is 0.844 bits per heavy atom. The Balaban J connectivity index is 0.000000500. The zero-order valence-corrected chi connectivity index (χ0v) is 41.6. The summed E-state index contributed by atoms with van der Waals surface area (Å²) in [5, 5.41) is 122. The number of aliphatic hydroxyl groups excluding tert-OH is 2. The van der Waals surface area contributed by atoms with Crippen molar-refractivity contribution in [2.45, 2.75) is 201 Å². The van der Waals surface area contributed by atoms with Gasteiger partial charge in [0, 0.05) is 28.4 Å². The van der Waals surface area contributed by atoms with Crippen LogP contribution >= 0.6 is 0 Å². The van der Waals surface area contributed by atoms with Crippen molar-refractivity contribution in [2.24, 2.45) is 0 Å². The van der Waals surface area contributed by atoms with Crippen molar-refractivity contribution >= 4 is 0 Å². The molecule has 382 valence electrons. The summed E-state index contributed by atoms with van der Waals surface area (Å²) in [6.07, 6.45) is -0.967. The smallest absolute Gasteiger partial charge is 0.198 e. The molecule has 3 fully saturated rings. The molecular formula is C43H84O21. The molecule has 0 radical (unpaired) electrons. The number of rotatable bonds is 17. The molecule has 17 atom stereocenters. The van der Waals surface area contributed by atoms with E-state index < -0.39 is 117 Å². The van der Waals surface area contributed by atoms with Crippen LogP contribution in [0.3, 0.4) is 0 Å². The van der Waals surface area contributed by atoms with Crippen LogP contribution in [-0.4, -0.2) is 228 Å². The standard InChI is InChI=1S/C27H52O13.C16H32O8/c1-18(15-28)20(3,29)22(5,31)25(8,34)27(10,39-18)38-16-19(2)21(4,30)23(6,32)24(7,33)26(9,40-19)37-14-17(36-12)13-35-11;1-12(10-17)13(2,18)14(3,19)15(4,20)16(5,24-12)23-9-11(22-7)8-21-6/h17,28-34H,13-16H2,1-12H3;11,17-20H,8-10H2,1-7H3/t17-,18-,19-,20?,21?,22+,23+,24-,25-,26?,27?;11-,12-,13?,14+,15-,16?/m11/s1. The SMILES string of the molecule is COC[C@H](COC1(C)O[C@](C)(CO)C(C)(O)[C@](C)(O)[C@@]1(C)O)OC.COC[C@H](COC1(C)O[C@](C)(COC2(C)O[C@](C)(CO)C(C)(O)[C@](C)(O)[C@@]2(C)O)C(C)(O)[C@](C)(O)[C@@]1(C)O)OC. The zero-order valence-electron chi connectivity index (χ0n) is 41.6. The van der Waals surface area contributed by atoms with Crippen LogP contribution in [0.5, 0.6) is 0 Å². The highest BCUT2D eigenvalue weighted by atomic mass is 16.8. The maximum atomic E-state index is 11.7. The first-order valence-electron chi connectivity index (χ1n) is 21.2. The lowest BCUT2D eigenvalue weighted by Gasteiger charge is -2.67. The van der Waals surface area contributed by atoms with Gasteiger partial charge in [0.15, 0.2) is 17.4 Å². The van der Waals surface area contributed by atoms with Gasteiger partial charge >= 0.3 is 0 Å². The van der Waals surface area contributed by atoms with Crippen molar-refractivity contribution in [1.29, 1.82) is 0 Å². The van der Waals surface area contributed by atoms with E-state index in [0.717, 1.165) is 0 Å². The largest absolute Gasteiger partial charge is 0.393 e. The summed E-state index contributed by atoms with van der Waals surface area (Å²) in [7, 11) is 5.95. The number of hydrogen-bond acceptors (Lipinski definition) is 21. The Labute approximate surface area is 378 Å². The van der Waals surface area contributed by atoms with Crippen molar-refractivity contribution in [3.63, 3.8) is 0 Å². The molecule has 0 aromatic carbocycles. The molecule has 3 rings (SSSR count). The van der Waals surface area contributed by atoms with Crippen molar-refractivity contribution in [1.82, 2.24) is 0 Å². The first-order chi connectivity index (χ1) is 28.4. The highest BCUT2D eigenvalue weighted by Gasteiger charge is 2.78. The van der Waals surface area contributed by atoms with Gasteiger partial charge in [-0.3, -0.25) is 0 Å². The fraction of sp³-hybridized carbons (Fsp3) is 1.00. The van der Waals surface area contributed by atoms with Crippen LogP contribution in [0.15, 0.2) is 0 Å². The minimum atomic E-state index is -2.30. The Morgan fingerprint density at radius 2 is 0.594 bits per heavy atom. The second kappa shape index (κ2) is 18.5. The van der Waals surface area contributed by atoms with Crippen LogP contribution in [0.2, 0.25) is 0 Å². The topological polar surface area (TPSA) is 315 Å². The molecule has 21 heteroatoms. The van der Waals surface area contributed by atoms with Gasteiger partial charge in [0.25, 0.3) is 0 Å². The number of aliphatic hydroxyl groups is 11. The molecule has 0 aromatic rings. The Bertz CT molecular complexity index is 1560. The van der Waals surface area contributed by atoms with Crippen LogP contribution in [0, 0.1) is 0 Å². The minimum absolute atomic E-state index is 0.0106. The van der Waals surface area contributed by atoms with Crippen LogP contribution in [0.25, 0.3) is 0 Å². The molecule has 6 unspecified atom stereocenters. The summed E-state index contributed by atoms with van der Waals surface area (Å²) in [6, 6.07) is 0. The first-order valence-corrected chi connectivity index (χ1v) is 21.2. The molecule has 0 saturated carbocycles. The van der Waals surface area contributed by atoms with Gasteiger partial charge in [-0.25, -0.2) is 0 Å². The molecule has 3 heterocycles. The third-order valence-electron chi connectivity index (χ3n) is 16.4. The van der Waals surface area contributed by atoms with E-state index >= 15 is 0 Å². The zero-order chi connectivity index (χ0) is 50.7. The highest BCUT2D eigenvalue weighted by molar-refractivity contribution is 5.25. The van der Waals surface area contributed by atoms with E-state index in [1.807, 2.05) is 0 Å². The summed E-state index contributed by atoms with van der Waals surface area (Å²) in [5.74, 6) is -5.78. The first kappa shape index (κ1) is 59.3. The maximum Gasteiger partial charge on any atom is 0.198 e. The van der Waals surface area contributed by atoms with Gasteiger partial charge in [0.1, 0.15) is 79.4 Å². The van der Waals surface area contributed by atoms with E-state index in [1.54, 1.807) is 0 Å². The van der Waals surface area contributed by atoms with Crippen molar-refractivity contribution in [2.75, 3.05) is 74.7 Å². The molecule has 0 amide bonds. The fourth-order valence-corrected chi connectivity index (χ4v) is 8.75. The monoisotopic (exact) mass is 937 g/mol. The van der Waals surface area contributed by atoms with E-state index in [2.05, 4.69) is 0 Å². The fourth-order valence-electron chi connectivity index (χ4n) is 8.75. The third-order valence-corrected chi connectivity index (χ3v) is 16.4. The minimum Gasteiger partial charge on any atom is -0.393 e. The lowest BCUT2D eigenvalue weighted by molar-refractivity contribution is -0.484. The molecule has 0 bridgehead atoms. The van der Waals surface area contributed by atoms with Gasteiger partial charge in [0.2, 0.25) is 0 Å². The van der Waals surface area contributed by atoms with Crippen molar-refractivity contribution < 1.29 is 104 Å². The molecule has 0 spiro atoms. The Hall–Kier alpha value is -0.840. The summed E-state index contributed by atoms with van der Waals surface area (Å²) < 4.78 is 56.6. The molecule has 0 aromatic heterocycles. The van der Waals surface area contributed by atoms with Crippen molar-refractivity contribution in [3.05, 3.63) is 0 Å². The number of ether oxygens (including phenoxy) is 10. The van der Waals surface area contributed by atoms with Crippen LogP contribution in [-0.2, 0) is 47.4 Å². The molecule has 3 aliphatic rings. The lowest BCUT2D eigenvalue weighted by Crippen LogP contribution is -2.86. The molecular weight excluding hydrogens is 852 g/mol. The van der Waals surface area contributed by atoms with Gasteiger partial charge < -0.3 is 104 Å². The predicted octanol–water partition coefficient (Wildman–Crippen LogP) is -1.40. The van der Waals surface area contributed by atoms with Crippen LogP contribution < -0.4 is 0 Å². The predicted molar refractivity (Wildman–Crippen MR) is 227 cm³/mol. The van der Waals surface area contributed by atoms with Gasteiger partial charge in [-0.2, -0.15) is 0 Å². The van der Waals surface area contributed by atoms with E-state index in [-0.39, 0.29) is 26.4 Å². The van der Waals surface area contributed by atoms with Gasteiger partial charge in [-0.1, -0.05) is 0 Å². The second-order valence-electron chi connectivity index (χ2n) is 20.3. The second-order valence-corrected chi connectivity index (χ2v) is 20.3. The van der Waals surface area contributed by atoms with E-state index in [4.69, 9.17) is 47.4 Å². The molecule has 64 heavy (non-hydrogen) atoms. The Kier molecular flexibility index (Phi) is 17.1. The van der Waals surface area contributed by atoms with Crippen molar-refractivity contribution in [3.8, 4) is 0 Å². The number of hydrogen-bond donors (Lipinski definition) is 11.